The summed E-state index contributed by atoms with van der Waals surface area (Å²) in [5.74, 6) is -0.237. The lowest BCUT2D eigenvalue weighted by Crippen LogP contribution is -2.43. The molecule has 0 saturated heterocycles. The quantitative estimate of drug-likeness (QED) is 0.727. The molecule has 2 amide bonds. The van der Waals surface area contributed by atoms with Crippen LogP contribution in [0.5, 0.6) is 0 Å². The van der Waals surface area contributed by atoms with E-state index in [1.807, 2.05) is 25.1 Å². The normalized spacial score (nSPS) is 14.0. The first-order chi connectivity index (χ1) is 13.5. The number of carbonyl (C=O) groups excluding carboxylic acids is 2. The zero-order valence-corrected chi connectivity index (χ0v) is 17.4. The summed E-state index contributed by atoms with van der Waals surface area (Å²) in [5.41, 5.74) is 2.24. The Bertz CT molecular complexity index is 880. The number of hydrogen-bond donors (Lipinski definition) is 0. The first kappa shape index (κ1) is 20.4. The maximum Gasteiger partial charge on any atom is 0.260 e. The molecule has 28 heavy (non-hydrogen) atoms. The Kier molecular flexibility index (Phi) is 6.37. The van der Waals surface area contributed by atoms with Gasteiger partial charge in [0.05, 0.1) is 22.5 Å². The van der Waals surface area contributed by atoms with Gasteiger partial charge in [-0.3, -0.25) is 9.59 Å². The molecule has 0 aliphatic carbocycles. The van der Waals surface area contributed by atoms with Crippen LogP contribution in [-0.2, 0) is 0 Å². The van der Waals surface area contributed by atoms with Crippen molar-refractivity contribution in [3.05, 3.63) is 58.6 Å². The van der Waals surface area contributed by atoms with E-state index in [2.05, 4.69) is 18.7 Å². The molecule has 0 bridgehead atoms. The summed E-state index contributed by atoms with van der Waals surface area (Å²) >= 11 is 6.25. The Morgan fingerprint density at radius 1 is 0.857 bits per heavy atom. The lowest BCUT2D eigenvalue weighted by atomic mass is 10.0. The smallest absolute Gasteiger partial charge is 0.260 e. The number of fused-ring (bicyclic) bond motifs is 2. The van der Waals surface area contributed by atoms with Gasteiger partial charge in [0.2, 0.25) is 0 Å². The van der Waals surface area contributed by atoms with Gasteiger partial charge in [-0.2, -0.15) is 0 Å². The first-order valence-electron chi connectivity index (χ1n) is 9.76. The second-order valence-electron chi connectivity index (χ2n) is 6.71. The Morgan fingerprint density at radius 3 is 2.18 bits per heavy atom. The van der Waals surface area contributed by atoms with Gasteiger partial charge < -0.3 is 14.7 Å². The average molecular weight is 400 g/mol. The molecule has 0 aromatic heterocycles. The molecule has 0 radical (unpaired) electrons. The minimum Gasteiger partial charge on any atom is -0.308 e. The van der Waals surface area contributed by atoms with Gasteiger partial charge in [0, 0.05) is 24.7 Å². The molecule has 0 saturated carbocycles. The molecular formula is C22H26ClN3O2. The van der Waals surface area contributed by atoms with Crippen molar-refractivity contribution in [1.29, 1.82) is 0 Å². The van der Waals surface area contributed by atoms with Crippen LogP contribution in [0.4, 0.5) is 11.4 Å². The fourth-order valence-electron chi connectivity index (χ4n) is 3.63. The van der Waals surface area contributed by atoms with E-state index >= 15 is 0 Å². The Morgan fingerprint density at radius 2 is 1.50 bits per heavy atom. The van der Waals surface area contributed by atoms with E-state index in [1.165, 1.54) is 0 Å². The average Bonchev–Trinajstić information content (AvgIpc) is 2.71. The second-order valence-corrected chi connectivity index (χ2v) is 7.15. The highest BCUT2D eigenvalue weighted by molar-refractivity contribution is 6.31. The third-order valence-corrected chi connectivity index (χ3v) is 5.48. The van der Waals surface area contributed by atoms with Crippen molar-refractivity contribution >= 4 is 34.8 Å². The number of para-hydroxylation sites is 1. The largest absolute Gasteiger partial charge is 0.308 e. The molecule has 3 rings (SSSR count). The molecule has 0 N–H and O–H groups in total. The predicted molar refractivity (Wildman–Crippen MR) is 115 cm³/mol. The van der Waals surface area contributed by atoms with Gasteiger partial charge in [-0.1, -0.05) is 37.6 Å². The molecule has 1 aliphatic rings. The Hall–Kier alpha value is -2.37. The molecule has 2 aromatic rings. The molecule has 2 aromatic carbocycles. The van der Waals surface area contributed by atoms with Gasteiger partial charge in [0.25, 0.3) is 11.8 Å². The second kappa shape index (κ2) is 8.76. The highest BCUT2D eigenvalue weighted by Crippen LogP contribution is 2.34. The van der Waals surface area contributed by atoms with Gasteiger partial charge in [0.15, 0.2) is 0 Å². The highest BCUT2D eigenvalue weighted by Gasteiger charge is 2.32. The van der Waals surface area contributed by atoms with Crippen LogP contribution in [0, 0.1) is 0 Å². The van der Waals surface area contributed by atoms with E-state index in [0.717, 1.165) is 19.6 Å². The number of amides is 2. The molecule has 0 spiro atoms. The van der Waals surface area contributed by atoms with E-state index in [4.69, 9.17) is 11.6 Å². The summed E-state index contributed by atoms with van der Waals surface area (Å²) in [6, 6.07) is 12.4. The number of anilines is 2. The summed E-state index contributed by atoms with van der Waals surface area (Å²) < 4.78 is 0. The maximum atomic E-state index is 13.5. The zero-order valence-electron chi connectivity index (χ0n) is 16.6. The molecule has 6 heteroatoms. The molecular weight excluding hydrogens is 374 g/mol. The topological polar surface area (TPSA) is 43.9 Å². The van der Waals surface area contributed by atoms with Crippen molar-refractivity contribution in [2.45, 2.75) is 20.8 Å². The van der Waals surface area contributed by atoms with Crippen molar-refractivity contribution in [2.75, 3.05) is 42.5 Å². The minimum absolute atomic E-state index is 0.114. The van der Waals surface area contributed by atoms with Gasteiger partial charge in [0.1, 0.15) is 0 Å². The van der Waals surface area contributed by atoms with Gasteiger partial charge in [-0.15, -0.1) is 0 Å². The van der Waals surface area contributed by atoms with Crippen LogP contribution in [0.3, 0.4) is 0 Å². The van der Waals surface area contributed by atoms with E-state index in [9.17, 15) is 9.59 Å². The number of likely N-dealkylation sites (N-methyl/N-ethyl adjacent to an activating group) is 1. The van der Waals surface area contributed by atoms with Crippen LogP contribution in [0.25, 0.3) is 0 Å². The van der Waals surface area contributed by atoms with Crippen LogP contribution < -0.4 is 9.80 Å². The van der Waals surface area contributed by atoms with Crippen LogP contribution in [0.1, 0.15) is 41.5 Å². The third kappa shape index (κ3) is 3.77. The number of rotatable bonds is 6. The lowest BCUT2D eigenvalue weighted by molar-refractivity contribution is 0.0973. The predicted octanol–water partition coefficient (Wildman–Crippen LogP) is 4.31. The number of hydrogen-bond acceptors (Lipinski definition) is 3. The first-order valence-corrected chi connectivity index (χ1v) is 10.1. The Balaban J connectivity index is 2.15. The van der Waals surface area contributed by atoms with Gasteiger partial charge in [-0.05, 0) is 50.3 Å². The molecule has 0 atom stereocenters. The minimum atomic E-state index is -0.123. The van der Waals surface area contributed by atoms with Crippen molar-refractivity contribution in [1.82, 2.24) is 4.90 Å². The summed E-state index contributed by atoms with van der Waals surface area (Å²) in [4.78, 5) is 32.5. The number of halogens is 1. The SMILES string of the molecule is CCN(CC)CCN1C(=O)c2ccccc2N(CC)C(=O)c2ccc(Cl)cc21. The van der Waals surface area contributed by atoms with E-state index in [1.54, 1.807) is 34.1 Å². The van der Waals surface area contributed by atoms with Crippen molar-refractivity contribution in [3.63, 3.8) is 0 Å². The molecule has 0 unspecified atom stereocenters. The summed E-state index contributed by atoms with van der Waals surface area (Å²) in [7, 11) is 0. The molecule has 0 fully saturated rings. The summed E-state index contributed by atoms with van der Waals surface area (Å²) in [6.45, 7) is 9.60. The number of carbonyl (C=O) groups is 2. The molecule has 1 heterocycles. The van der Waals surface area contributed by atoms with E-state index < -0.39 is 0 Å². The standard InChI is InChI=1S/C22H26ClN3O2/c1-4-24(5-2)13-14-26-20-15-16(23)11-12-18(20)21(27)25(6-3)19-10-8-7-9-17(19)22(26)28/h7-12,15H,4-6,13-14H2,1-3H3. The maximum absolute atomic E-state index is 13.5. The van der Waals surface area contributed by atoms with E-state index in [0.29, 0.717) is 40.6 Å². The summed E-state index contributed by atoms with van der Waals surface area (Å²) in [5, 5.41) is 0.504. The molecule has 5 nitrogen and oxygen atoms in total. The third-order valence-electron chi connectivity index (χ3n) is 5.25. The molecule has 148 valence electrons. The van der Waals surface area contributed by atoms with Gasteiger partial charge >= 0.3 is 0 Å². The number of benzene rings is 2. The zero-order chi connectivity index (χ0) is 20.3. The monoisotopic (exact) mass is 399 g/mol. The van der Waals surface area contributed by atoms with Crippen LogP contribution in [0.15, 0.2) is 42.5 Å². The highest BCUT2D eigenvalue weighted by atomic mass is 35.5. The van der Waals surface area contributed by atoms with Crippen LogP contribution >= 0.6 is 11.6 Å². The number of nitrogens with zero attached hydrogens (tertiary/aromatic N) is 3. The van der Waals surface area contributed by atoms with Crippen LogP contribution in [-0.4, -0.2) is 49.4 Å². The van der Waals surface area contributed by atoms with Gasteiger partial charge in [-0.25, -0.2) is 0 Å². The fourth-order valence-corrected chi connectivity index (χ4v) is 3.79. The molecule has 1 aliphatic heterocycles. The van der Waals surface area contributed by atoms with Crippen molar-refractivity contribution in [2.24, 2.45) is 0 Å². The summed E-state index contributed by atoms with van der Waals surface area (Å²) in [6.07, 6.45) is 0. The van der Waals surface area contributed by atoms with E-state index in [-0.39, 0.29) is 11.8 Å². The fraction of sp³-hybridized carbons (Fsp3) is 0.364. The lowest BCUT2D eigenvalue weighted by Gasteiger charge is -2.33. The Labute approximate surface area is 171 Å². The van der Waals surface area contributed by atoms with Crippen molar-refractivity contribution < 1.29 is 9.59 Å². The van der Waals surface area contributed by atoms with Crippen molar-refractivity contribution in [3.8, 4) is 0 Å². The van der Waals surface area contributed by atoms with Crippen LogP contribution in [0.2, 0.25) is 5.02 Å².